The van der Waals surface area contributed by atoms with Crippen molar-refractivity contribution >= 4 is 27.5 Å². The topological polar surface area (TPSA) is 71.8 Å². The molecule has 0 unspecified atom stereocenters. The zero-order valence-corrected chi connectivity index (χ0v) is 8.40. The number of nitrogens with one attached hydrogen (secondary N) is 1. The number of nitrogens with two attached hydrogens (primary N) is 1. The van der Waals surface area contributed by atoms with Crippen LogP contribution in [0.2, 0.25) is 0 Å². The third-order valence-corrected chi connectivity index (χ3v) is 2.65. The molecule has 0 saturated heterocycles. The van der Waals surface area contributed by atoms with Gasteiger partial charge in [-0.3, -0.25) is 0 Å². The molecular formula is C12H9N3O. The molecule has 0 fully saturated rings. The summed E-state index contributed by atoms with van der Waals surface area (Å²) in [4.78, 5) is 17.6. The maximum atomic E-state index is 11.2. The summed E-state index contributed by atoms with van der Waals surface area (Å²) in [6.07, 6.45) is 0. The first kappa shape index (κ1) is 8.91. The minimum absolute atomic E-state index is 0.274. The van der Waals surface area contributed by atoms with E-state index in [1.54, 1.807) is 0 Å². The molecule has 3 N–H and O–H groups in total. The van der Waals surface area contributed by atoms with Gasteiger partial charge in [-0.15, -0.1) is 0 Å². The van der Waals surface area contributed by atoms with Gasteiger partial charge in [0, 0.05) is 5.39 Å². The predicted octanol–water partition coefficient (Wildman–Crippen LogP) is 1.66. The highest BCUT2D eigenvalue weighted by atomic mass is 16.1. The fourth-order valence-corrected chi connectivity index (χ4v) is 1.96. The molecule has 0 aliphatic rings. The van der Waals surface area contributed by atoms with Gasteiger partial charge < -0.3 is 10.7 Å². The van der Waals surface area contributed by atoms with Crippen LogP contribution in [0.4, 0.5) is 5.82 Å². The lowest BCUT2D eigenvalue weighted by Gasteiger charge is -2.04. The van der Waals surface area contributed by atoms with Crippen LogP contribution < -0.4 is 11.4 Å². The number of rotatable bonds is 0. The number of aromatic nitrogens is 2. The molecule has 0 saturated carbocycles. The Morgan fingerprint density at radius 1 is 1.12 bits per heavy atom. The van der Waals surface area contributed by atoms with Crippen LogP contribution in [-0.2, 0) is 0 Å². The molecule has 4 nitrogen and oxygen atoms in total. The Kier molecular flexibility index (Phi) is 1.71. The lowest BCUT2D eigenvalue weighted by Crippen LogP contribution is -2.12. The van der Waals surface area contributed by atoms with Crippen molar-refractivity contribution in [2.24, 2.45) is 0 Å². The normalized spacial score (nSPS) is 11.0. The third kappa shape index (κ3) is 1.16. The van der Waals surface area contributed by atoms with Crippen LogP contribution in [0.25, 0.3) is 21.7 Å². The second-order valence-corrected chi connectivity index (χ2v) is 3.64. The zero-order valence-electron chi connectivity index (χ0n) is 8.40. The lowest BCUT2D eigenvalue weighted by atomic mass is 10.1. The first-order chi connectivity index (χ1) is 7.75. The molecule has 0 atom stereocenters. The van der Waals surface area contributed by atoms with Crippen LogP contribution in [0.15, 0.2) is 41.2 Å². The maximum absolute atomic E-state index is 11.2. The fraction of sp³-hybridized carbons (Fsp3) is 0. The largest absolute Gasteiger partial charge is 0.383 e. The van der Waals surface area contributed by atoms with Gasteiger partial charge in [-0.05, 0) is 16.8 Å². The van der Waals surface area contributed by atoms with E-state index in [4.69, 9.17) is 5.73 Å². The van der Waals surface area contributed by atoms with E-state index in [-0.39, 0.29) is 5.82 Å². The molecule has 3 aromatic rings. The Bertz CT molecular complexity index is 746. The third-order valence-electron chi connectivity index (χ3n) is 2.65. The lowest BCUT2D eigenvalue weighted by molar-refractivity contribution is 1.13. The molecule has 2 aromatic carbocycles. The molecule has 0 radical (unpaired) electrons. The number of benzene rings is 2. The van der Waals surface area contributed by atoms with Crippen molar-refractivity contribution in [3.63, 3.8) is 0 Å². The monoisotopic (exact) mass is 211 g/mol. The van der Waals surface area contributed by atoms with Crippen molar-refractivity contribution in [3.05, 3.63) is 46.9 Å². The van der Waals surface area contributed by atoms with E-state index < -0.39 is 5.69 Å². The van der Waals surface area contributed by atoms with Crippen molar-refractivity contribution in [1.82, 2.24) is 9.97 Å². The van der Waals surface area contributed by atoms with E-state index in [9.17, 15) is 4.79 Å². The molecule has 78 valence electrons. The Hall–Kier alpha value is -2.36. The van der Waals surface area contributed by atoms with Gasteiger partial charge in [0.05, 0.1) is 5.52 Å². The average Bonchev–Trinajstić information content (AvgIpc) is 2.28. The second-order valence-electron chi connectivity index (χ2n) is 3.64. The first-order valence-electron chi connectivity index (χ1n) is 4.93. The van der Waals surface area contributed by atoms with E-state index in [0.717, 1.165) is 21.7 Å². The second kappa shape index (κ2) is 3.06. The number of nitrogens with zero attached hydrogens (tertiary/aromatic N) is 1. The number of hydrogen-bond acceptors (Lipinski definition) is 3. The van der Waals surface area contributed by atoms with Crippen LogP contribution in [-0.4, -0.2) is 9.97 Å². The van der Waals surface area contributed by atoms with Crippen molar-refractivity contribution in [2.45, 2.75) is 0 Å². The number of anilines is 1. The van der Waals surface area contributed by atoms with Gasteiger partial charge in [-0.1, -0.05) is 30.3 Å². The summed E-state index contributed by atoms with van der Waals surface area (Å²) in [5, 5.41) is 2.88. The van der Waals surface area contributed by atoms with Crippen LogP contribution in [0.3, 0.4) is 0 Å². The van der Waals surface area contributed by atoms with Gasteiger partial charge in [0.2, 0.25) is 0 Å². The van der Waals surface area contributed by atoms with E-state index in [0.29, 0.717) is 0 Å². The highest BCUT2D eigenvalue weighted by Gasteiger charge is 2.05. The minimum Gasteiger partial charge on any atom is -0.383 e. The van der Waals surface area contributed by atoms with Crippen LogP contribution in [0.5, 0.6) is 0 Å². The van der Waals surface area contributed by atoms with Gasteiger partial charge in [0.1, 0.15) is 5.82 Å². The van der Waals surface area contributed by atoms with E-state index in [2.05, 4.69) is 9.97 Å². The number of aromatic amines is 1. The van der Waals surface area contributed by atoms with E-state index >= 15 is 0 Å². The molecule has 0 aliphatic heterocycles. The molecule has 0 amide bonds. The molecule has 1 aromatic heterocycles. The molecule has 0 spiro atoms. The molecular weight excluding hydrogens is 202 g/mol. The van der Waals surface area contributed by atoms with Gasteiger partial charge in [-0.25, -0.2) is 4.79 Å². The predicted molar refractivity (Wildman–Crippen MR) is 64.3 cm³/mol. The van der Waals surface area contributed by atoms with Crippen LogP contribution in [0, 0.1) is 0 Å². The fourth-order valence-electron chi connectivity index (χ4n) is 1.96. The van der Waals surface area contributed by atoms with Crippen LogP contribution in [0.1, 0.15) is 0 Å². The molecule has 0 aliphatic carbocycles. The Labute approximate surface area is 90.7 Å². The summed E-state index contributed by atoms with van der Waals surface area (Å²) >= 11 is 0. The Morgan fingerprint density at radius 3 is 2.81 bits per heavy atom. The van der Waals surface area contributed by atoms with Crippen molar-refractivity contribution in [1.29, 1.82) is 0 Å². The average molecular weight is 211 g/mol. The summed E-state index contributed by atoms with van der Waals surface area (Å²) in [5.74, 6) is 0.274. The number of hydrogen-bond donors (Lipinski definition) is 2. The molecule has 16 heavy (non-hydrogen) atoms. The molecule has 4 heteroatoms. The summed E-state index contributed by atoms with van der Waals surface area (Å²) in [5.41, 5.74) is 6.09. The standard InChI is InChI=1S/C12H9N3O/c13-11-10-8-4-2-1-3-7(8)5-6-9(10)14-12(16)15-11/h1-6H,(H3,13,14,15,16). The summed E-state index contributed by atoms with van der Waals surface area (Å²) in [6.45, 7) is 0. The maximum Gasteiger partial charge on any atom is 0.347 e. The summed E-state index contributed by atoms with van der Waals surface area (Å²) in [6, 6.07) is 11.7. The van der Waals surface area contributed by atoms with Gasteiger partial charge in [0.25, 0.3) is 0 Å². The van der Waals surface area contributed by atoms with Gasteiger partial charge in [0.15, 0.2) is 0 Å². The Balaban J connectivity index is 2.65. The summed E-state index contributed by atoms with van der Waals surface area (Å²) in [7, 11) is 0. The number of nitrogen functional groups attached to an aromatic ring is 1. The Morgan fingerprint density at radius 2 is 1.94 bits per heavy atom. The number of fused-ring (bicyclic) bond motifs is 3. The van der Waals surface area contributed by atoms with E-state index in [1.165, 1.54) is 0 Å². The smallest absolute Gasteiger partial charge is 0.347 e. The van der Waals surface area contributed by atoms with Crippen LogP contribution >= 0.6 is 0 Å². The molecule has 1 heterocycles. The number of H-pyrrole nitrogens is 1. The quantitative estimate of drug-likeness (QED) is 0.555. The SMILES string of the molecule is Nc1nc(=O)[nH]c2ccc3ccccc3c12. The van der Waals surface area contributed by atoms with Crippen molar-refractivity contribution in [2.75, 3.05) is 5.73 Å². The molecule has 0 bridgehead atoms. The van der Waals surface area contributed by atoms with E-state index in [1.807, 2.05) is 36.4 Å². The van der Waals surface area contributed by atoms with Crippen molar-refractivity contribution in [3.8, 4) is 0 Å². The first-order valence-corrected chi connectivity index (χ1v) is 4.93. The summed E-state index contributed by atoms with van der Waals surface area (Å²) < 4.78 is 0. The minimum atomic E-state index is -0.416. The van der Waals surface area contributed by atoms with Gasteiger partial charge >= 0.3 is 5.69 Å². The molecule has 3 rings (SSSR count). The zero-order chi connectivity index (χ0) is 11.1. The van der Waals surface area contributed by atoms with Gasteiger partial charge in [-0.2, -0.15) is 4.98 Å². The highest BCUT2D eigenvalue weighted by Crippen LogP contribution is 2.25. The highest BCUT2D eigenvalue weighted by molar-refractivity contribution is 6.10. The van der Waals surface area contributed by atoms with Crippen molar-refractivity contribution < 1.29 is 0 Å².